The van der Waals surface area contributed by atoms with Gasteiger partial charge in [0.05, 0.1) is 6.61 Å². The molecule has 0 radical (unpaired) electrons. The minimum atomic E-state index is 0.606. The molecule has 0 atom stereocenters. The van der Waals surface area contributed by atoms with E-state index in [2.05, 4.69) is 23.6 Å². The average Bonchev–Trinajstić information content (AvgIpc) is 2.68. The van der Waals surface area contributed by atoms with Crippen molar-refractivity contribution < 1.29 is 4.74 Å². The standard InChI is InChI=1S/C12H15NOS/c1-2-14-7-10-8-15-12-5-9(6-13)3-4-11(10)12/h3-5,8H,2,6-7,13H2,1H3. The van der Waals surface area contributed by atoms with Crippen LogP contribution < -0.4 is 5.73 Å². The van der Waals surface area contributed by atoms with Crippen LogP contribution in [0.25, 0.3) is 10.1 Å². The van der Waals surface area contributed by atoms with Crippen LogP contribution in [-0.2, 0) is 17.9 Å². The molecule has 2 aromatic rings. The molecule has 80 valence electrons. The molecule has 2 rings (SSSR count). The van der Waals surface area contributed by atoms with Gasteiger partial charge in [-0.2, -0.15) is 0 Å². The van der Waals surface area contributed by atoms with E-state index in [1.54, 1.807) is 11.3 Å². The van der Waals surface area contributed by atoms with E-state index in [0.717, 1.165) is 6.61 Å². The fourth-order valence-corrected chi connectivity index (χ4v) is 2.59. The highest BCUT2D eigenvalue weighted by atomic mass is 32.1. The van der Waals surface area contributed by atoms with Crippen molar-refractivity contribution in [1.82, 2.24) is 0 Å². The van der Waals surface area contributed by atoms with Crippen molar-refractivity contribution in [3.8, 4) is 0 Å². The van der Waals surface area contributed by atoms with Crippen LogP contribution >= 0.6 is 11.3 Å². The highest BCUT2D eigenvalue weighted by Crippen LogP contribution is 2.27. The fraction of sp³-hybridized carbons (Fsp3) is 0.333. The van der Waals surface area contributed by atoms with Crippen molar-refractivity contribution in [2.24, 2.45) is 5.73 Å². The SMILES string of the molecule is CCOCc1csc2cc(CN)ccc12. The first kappa shape index (κ1) is 10.6. The summed E-state index contributed by atoms with van der Waals surface area (Å²) in [5.74, 6) is 0. The zero-order chi connectivity index (χ0) is 10.7. The quantitative estimate of drug-likeness (QED) is 0.861. The largest absolute Gasteiger partial charge is 0.377 e. The van der Waals surface area contributed by atoms with Gasteiger partial charge in [-0.1, -0.05) is 12.1 Å². The normalized spacial score (nSPS) is 11.1. The predicted octanol–water partition coefficient (Wildman–Crippen LogP) is 2.90. The van der Waals surface area contributed by atoms with Crippen LogP contribution in [0.2, 0.25) is 0 Å². The van der Waals surface area contributed by atoms with Crippen molar-refractivity contribution in [3.05, 3.63) is 34.7 Å². The molecule has 0 saturated heterocycles. The first-order valence-electron chi connectivity index (χ1n) is 5.12. The average molecular weight is 221 g/mol. The van der Waals surface area contributed by atoms with Crippen molar-refractivity contribution in [2.45, 2.75) is 20.1 Å². The van der Waals surface area contributed by atoms with Crippen LogP contribution in [0.5, 0.6) is 0 Å². The first-order chi connectivity index (χ1) is 7.35. The van der Waals surface area contributed by atoms with Crippen LogP contribution in [-0.4, -0.2) is 6.61 Å². The maximum absolute atomic E-state index is 5.61. The van der Waals surface area contributed by atoms with Gasteiger partial charge in [0.2, 0.25) is 0 Å². The van der Waals surface area contributed by atoms with Crippen LogP contribution in [0.4, 0.5) is 0 Å². The molecule has 2 nitrogen and oxygen atoms in total. The summed E-state index contributed by atoms with van der Waals surface area (Å²) in [7, 11) is 0. The zero-order valence-electron chi connectivity index (χ0n) is 8.82. The Balaban J connectivity index is 2.34. The van der Waals surface area contributed by atoms with Gasteiger partial charge in [-0.15, -0.1) is 11.3 Å². The number of hydrogen-bond acceptors (Lipinski definition) is 3. The Kier molecular flexibility index (Phi) is 3.36. The van der Waals surface area contributed by atoms with Gasteiger partial charge in [0.25, 0.3) is 0 Å². The molecule has 0 unspecified atom stereocenters. The van der Waals surface area contributed by atoms with E-state index >= 15 is 0 Å². The number of hydrogen-bond donors (Lipinski definition) is 1. The van der Waals surface area contributed by atoms with Gasteiger partial charge in [-0.25, -0.2) is 0 Å². The van der Waals surface area contributed by atoms with Gasteiger partial charge >= 0.3 is 0 Å². The Bertz CT molecular complexity index is 450. The summed E-state index contributed by atoms with van der Waals surface area (Å²) in [5.41, 5.74) is 8.07. The molecule has 0 spiro atoms. The molecule has 0 aliphatic rings. The number of ether oxygens (including phenoxy) is 1. The first-order valence-corrected chi connectivity index (χ1v) is 6.00. The van der Waals surface area contributed by atoms with Crippen molar-refractivity contribution in [2.75, 3.05) is 6.61 Å². The molecule has 1 aromatic heterocycles. The third-order valence-corrected chi connectivity index (χ3v) is 3.41. The molecule has 0 fully saturated rings. The Labute approximate surface area is 93.7 Å². The summed E-state index contributed by atoms with van der Waals surface area (Å²) in [6, 6.07) is 6.39. The molecule has 0 saturated carbocycles. The molecule has 1 heterocycles. The van der Waals surface area contributed by atoms with Crippen LogP contribution in [0.3, 0.4) is 0 Å². The molecule has 2 N–H and O–H groups in total. The van der Waals surface area contributed by atoms with E-state index in [9.17, 15) is 0 Å². The molecular weight excluding hydrogens is 206 g/mol. The smallest absolute Gasteiger partial charge is 0.0730 e. The summed E-state index contributed by atoms with van der Waals surface area (Å²) in [4.78, 5) is 0. The minimum absolute atomic E-state index is 0.606. The summed E-state index contributed by atoms with van der Waals surface area (Å²) in [6.07, 6.45) is 0. The van der Waals surface area contributed by atoms with Crippen molar-refractivity contribution >= 4 is 21.4 Å². The van der Waals surface area contributed by atoms with Crippen LogP contribution in [0.1, 0.15) is 18.1 Å². The number of nitrogens with two attached hydrogens (primary N) is 1. The predicted molar refractivity (Wildman–Crippen MR) is 65.0 cm³/mol. The molecule has 3 heteroatoms. The second kappa shape index (κ2) is 4.75. The van der Waals surface area contributed by atoms with Crippen molar-refractivity contribution in [1.29, 1.82) is 0 Å². The lowest BCUT2D eigenvalue weighted by molar-refractivity contribution is 0.135. The Morgan fingerprint density at radius 1 is 1.40 bits per heavy atom. The summed E-state index contributed by atoms with van der Waals surface area (Å²) >= 11 is 1.76. The number of fused-ring (bicyclic) bond motifs is 1. The van der Waals surface area contributed by atoms with E-state index in [0.29, 0.717) is 13.2 Å². The van der Waals surface area contributed by atoms with E-state index in [1.807, 2.05) is 6.92 Å². The monoisotopic (exact) mass is 221 g/mol. The van der Waals surface area contributed by atoms with Gasteiger partial charge in [0, 0.05) is 17.9 Å². The Morgan fingerprint density at radius 2 is 2.27 bits per heavy atom. The van der Waals surface area contributed by atoms with E-state index in [4.69, 9.17) is 10.5 Å². The molecule has 1 aromatic carbocycles. The lowest BCUT2D eigenvalue weighted by Crippen LogP contribution is -1.95. The topological polar surface area (TPSA) is 35.2 Å². The van der Waals surface area contributed by atoms with Crippen molar-refractivity contribution in [3.63, 3.8) is 0 Å². The molecule has 15 heavy (non-hydrogen) atoms. The highest BCUT2D eigenvalue weighted by Gasteiger charge is 2.04. The van der Waals surface area contributed by atoms with E-state index < -0.39 is 0 Å². The third kappa shape index (κ3) is 2.20. The summed E-state index contributed by atoms with van der Waals surface area (Å²) in [5, 5.41) is 3.46. The summed E-state index contributed by atoms with van der Waals surface area (Å²) in [6.45, 7) is 4.09. The number of rotatable bonds is 4. The highest BCUT2D eigenvalue weighted by molar-refractivity contribution is 7.17. The molecule has 0 bridgehead atoms. The van der Waals surface area contributed by atoms with Gasteiger partial charge in [-0.05, 0) is 34.9 Å². The lowest BCUT2D eigenvalue weighted by Gasteiger charge is -2.00. The van der Waals surface area contributed by atoms with Crippen LogP contribution in [0.15, 0.2) is 23.6 Å². The van der Waals surface area contributed by atoms with E-state index in [-0.39, 0.29) is 0 Å². The Hall–Kier alpha value is -0.900. The molecule has 0 amide bonds. The van der Waals surface area contributed by atoms with Gasteiger partial charge in [-0.3, -0.25) is 0 Å². The number of benzene rings is 1. The second-order valence-electron chi connectivity index (χ2n) is 3.43. The fourth-order valence-electron chi connectivity index (χ4n) is 1.58. The zero-order valence-corrected chi connectivity index (χ0v) is 9.64. The Morgan fingerprint density at radius 3 is 3.00 bits per heavy atom. The third-order valence-electron chi connectivity index (χ3n) is 2.42. The number of thiophene rings is 1. The summed E-state index contributed by atoms with van der Waals surface area (Å²) < 4.78 is 6.72. The van der Waals surface area contributed by atoms with Gasteiger partial charge in [0.1, 0.15) is 0 Å². The van der Waals surface area contributed by atoms with Gasteiger partial charge in [0.15, 0.2) is 0 Å². The maximum Gasteiger partial charge on any atom is 0.0730 e. The van der Waals surface area contributed by atoms with E-state index in [1.165, 1.54) is 21.2 Å². The molecule has 0 aliphatic heterocycles. The molecular formula is C12H15NOS. The maximum atomic E-state index is 5.61. The van der Waals surface area contributed by atoms with Gasteiger partial charge < -0.3 is 10.5 Å². The molecule has 0 aliphatic carbocycles. The second-order valence-corrected chi connectivity index (χ2v) is 4.34. The minimum Gasteiger partial charge on any atom is -0.377 e. The lowest BCUT2D eigenvalue weighted by atomic mass is 10.1. The van der Waals surface area contributed by atoms with Crippen LogP contribution in [0, 0.1) is 0 Å².